The lowest BCUT2D eigenvalue weighted by atomic mass is 9.96. The molecule has 20 heavy (non-hydrogen) atoms. The van der Waals surface area contributed by atoms with Crippen LogP contribution in [0.4, 0.5) is 0 Å². The summed E-state index contributed by atoms with van der Waals surface area (Å²) in [7, 11) is 0. The standard InChI is InChI=1S/C15H13Br2NOS/c1-8-6-12(20-14(8)17)13(16)10-3-2-9-4-5-18-15(19)11(9)7-10/h2-3,6-7,13H,4-5H2,1H3,(H,18,19). The average Bonchev–Trinajstić information content (AvgIpc) is 2.78. The van der Waals surface area contributed by atoms with Gasteiger partial charge >= 0.3 is 0 Å². The van der Waals surface area contributed by atoms with Crippen LogP contribution in [0.3, 0.4) is 0 Å². The third-order valence-corrected chi connectivity index (χ3v) is 7.00. The van der Waals surface area contributed by atoms with E-state index in [9.17, 15) is 4.79 Å². The highest BCUT2D eigenvalue weighted by atomic mass is 79.9. The quantitative estimate of drug-likeness (QED) is 0.715. The molecule has 0 fully saturated rings. The molecule has 1 aromatic carbocycles. The van der Waals surface area contributed by atoms with Gasteiger partial charge in [-0.05, 0) is 58.1 Å². The zero-order chi connectivity index (χ0) is 14.3. The van der Waals surface area contributed by atoms with Crippen LogP contribution in [0.15, 0.2) is 28.1 Å². The van der Waals surface area contributed by atoms with E-state index < -0.39 is 0 Å². The minimum absolute atomic E-state index is 0.0383. The summed E-state index contributed by atoms with van der Waals surface area (Å²) in [5.41, 5.74) is 4.31. The average molecular weight is 415 g/mol. The van der Waals surface area contributed by atoms with E-state index in [4.69, 9.17) is 0 Å². The van der Waals surface area contributed by atoms with Gasteiger partial charge in [-0.3, -0.25) is 4.79 Å². The molecule has 0 aliphatic carbocycles. The van der Waals surface area contributed by atoms with Crippen LogP contribution in [-0.2, 0) is 6.42 Å². The van der Waals surface area contributed by atoms with Crippen molar-refractivity contribution in [1.82, 2.24) is 5.32 Å². The maximum atomic E-state index is 11.9. The van der Waals surface area contributed by atoms with Crippen LogP contribution in [-0.4, -0.2) is 12.5 Å². The fourth-order valence-corrected chi connectivity index (χ4v) is 4.63. The first-order valence-electron chi connectivity index (χ1n) is 6.37. The fourth-order valence-electron chi connectivity index (χ4n) is 2.36. The molecule has 1 aliphatic heterocycles. The number of fused-ring (bicyclic) bond motifs is 1. The maximum Gasteiger partial charge on any atom is 0.251 e. The molecule has 0 spiro atoms. The van der Waals surface area contributed by atoms with Crippen molar-refractivity contribution in [3.8, 4) is 0 Å². The van der Waals surface area contributed by atoms with Gasteiger partial charge in [-0.15, -0.1) is 11.3 Å². The van der Waals surface area contributed by atoms with Crippen molar-refractivity contribution in [3.05, 3.63) is 55.2 Å². The van der Waals surface area contributed by atoms with Crippen LogP contribution >= 0.6 is 43.2 Å². The van der Waals surface area contributed by atoms with Crippen molar-refractivity contribution in [2.45, 2.75) is 18.2 Å². The zero-order valence-corrected chi connectivity index (χ0v) is 14.9. The number of carbonyl (C=O) groups excluding carboxylic acids is 1. The highest BCUT2D eigenvalue weighted by Crippen LogP contribution is 2.39. The Kier molecular flexibility index (Phi) is 4.02. The summed E-state index contributed by atoms with van der Waals surface area (Å²) >= 11 is 9.03. The van der Waals surface area contributed by atoms with Gasteiger partial charge < -0.3 is 5.32 Å². The molecule has 0 saturated carbocycles. The molecule has 2 aromatic rings. The minimum atomic E-state index is 0.0383. The van der Waals surface area contributed by atoms with Gasteiger partial charge in [-0.1, -0.05) is 28.1 Å². The first-order chi connectivity index (χ1) is 9.56. The maximum absolute atomic E-state index is 11.9. The van der Waals surface area contributed by atoms with E-state index in [1.807, 2.05) is 6.07 Å². The fraction of sp³-hybridized carbons (Fsp3) is 0.267. The van der Waals surface area contributed by atoms with Crippen molar-refractivity contribution in [2.75, 3.05) is 6.54 Å². The van der Waals surface area contributed by atoms with Crippen LogP contribution in [0.25, 0.3) is 0 Å². The molecule has 2 nitrogen and oxygen atoms in total. The first-order valence-corrected chi connectivity index (χ1v) is 8.89. The van der Waals surface area contributed by atoms with E-state index in [1.54, 1.807) is 11.3 Å². The molecule has 1 aromatic heterocycles. The summed E-state index contributed by atoms with van der Waals surface area (Å²) in [5, 5.41) is 2.90. The molecule has 2 heterocycles. The van der Waals surface area contributed by atoms with Gasteiger partial charge in [-0.2, -0.15) is 0 Å². The second kappa shape index (κ2) is 5.62. The molecular weight excluding hydrogens is 402 g/mol. The number of benzene rings is 1. The van der Waals surface area contributed by atoms with Crippen LogP contribution in [0, 0.1) is 6.92 Å². The monoisotopic (exact) mass is 413 g/mol. The molecular formula is C15H13Br2NOS. The normalized spacial score (nSPS) is 15.7. The molecule has 104 valence electrons. The summed E-state index contributed by atoms with van der Waals surface area (Å²) in [5.74, 6) is 0.0383. The molecule has 5 heteroatoms. The van der Waals surface area contributed by atoms with Gasteiger partial charge in [-0.25, -0.2) is 0 Å². The lowest BCUT2D eigenvalue weighted by molar-refractivity contribution is 0.0946. The van der Waals surface area contributed by atoms with Crippen LogP contribution in [0.2, 0.25) is 0 Å². The number of rotatable bonds is 2. The number of thiophene rings is 1. The summed E-state index contributed by atoms with van der Waals surface area (Å²) < 4.78 is 1.16. The number of hydrogen-bond acceptors (Lipinski definition) is 2. The lowest BCUT2D eigenvalue weighted by Gasteiger charge is -2.18. The Labute approximate surface area is 138 Å². The van der Waals surface area contributed by atoms with Crippen LogP contribution in [0.1, 0.15) is 36.8 Å². The zero-order valence-electron chi connectivity index (χ0n) is 10.9. The third kappa shape index (κ3) is 2.59. The van der Waals surface area contributed by atoms with Gasteiger partial charge in [0, 0.05) is 17.0 Å². The molecule has 1 N–H and O–H groups in total. The number of nitrogens with one attached hydrogen (secondary N) is 1. The molecule has 0 radical (unpaired) electrons. The molecule has 1 unspecified atom stereocenters. The largest absolute Gasteiger partial charge is 0.352 e. The predicted octanol–water partition coefficient (Wildman–Crippen LogP) is 4.59. The first kappa shape index (κ1) is 14.3. The number of halogens is 2. The minimum Gasteiger partial charge on any atom is -0.352 e. The smallest absolute Gasteiger partial charge is 0.251 e. The van der Waals surface area contributed by atoms with Crippen molar-refractivity contribution < 1.29 is 4.79 Å². The summed E-state index contributed by atoms with van der Waals surface area (Å²) in [6.45, 7) is 2.82. The topological polar surface area (TPSA) is 29.1 Å². The highest BCUT2D eigenvalue weighted by molar-refractivity contribution is 9.11. The van der Waals surface area contributed by atoms with Gasteiger partial charge in [0.1, 0.15) is 0 Å². The summed E-state index contributed by atoms with van der Waals surface area (Å²) in [6.07, 6.45) is 0.915. The van der Waals surface area contributed by atoms with E-state index in [1.165, 1.54) is 10.4 Å². The van der Waals surface area contributed by atoms with E-state index >= 15 is 0 Å². The van der Waals surface area contributed by atoms with Gasteiger partial charge in [0.2, 0.25) is 0 Å². The van der Waals surface area contributed by atoms with Crippen LogP contribution < -0.4 is 5.32 Å². The number of hydrogen-bond donors (Lipinski definition) is 1. The Bertz CT molecular complexity index is 661. The summed E-state index contributed by atoms with van der Waals surface area (Å²) in [4.78, 5) is 13.3. The SMILES string of the molecule is Cc1cc(C(Br)c2ccc3c(c2)C(=O)NCC3)sc1Br. The number of aryl methyl sites for hydroxylation is 1. The Morgan fingerprint density at radius 2 is 2.15 bits per heavy atom. The van der Waals surface area contributed by atoms with E-state index in [-0.39, 0.29) is 10.7 Å². The van der Waals surface area contributed by atoms with Gasteiger partial charge in [0.25, 0.3) is 5.91 Å². The van der Waals surface area contributed by atoms with E-state index in [0.29, 0.717) is 0 Å². The second-order valence-corrected chi connectivity index (χ2v) is 8.21. The molecule has 1 aliphatic rings. The van der Waals surface area contributed by atoms with Crippen molar-refractivity contribution in [2.24, 2.45) is 0 Å². The third-order valence-electron chi connectivity index (χ3n) is 3.48. The van der Waals surface area contributed by atoms with Crippen molar-refractivity contribution >= 4 is 49.1 Å². The summed E-state index contributed by atoms with van der Waals surface area (Å²) in [6, 6.07) is 8.37. The highest BCUT2D eigenvalue weighted by Gasteiger charge is 2.20. The molecule has 1 amide bonds. The second-order valence-electron chi connectivity index (χ2n) is 4.89. The number of alkyl halides is 1. The van der Waals surface area contributed by atoms with Crippen molar-refractivity contribution in [1.29, 1.82) is 0 Å². The van der Waals surface area contributed by atoms with Gasteiger partial charge in [0.05, 0.1) is 8.61 Å². The molecule has 0 saturated heterocycles. The lowest BCUT2D eigenvalue weighted by Crippen LogP contribution is -2.31. The number of amides is 1. The predicted molar refractivity (Wildman–Crippen MR) is 90.0 cm³/mol. The van der Waals surface area contributed by atoms with E-state index in [2.05, 4.69) is 62.3 Å². The Hall–Kier alpha value is -0.650. The van der Waals surface area contributed by atoms with Crippen molar-refractivity contribution in [3.63, 3.8) is 0 Å². The Balaban J connectivity index is 1.98. The molecule has 1 atom stereocenters. The molecule has 0 bridgehead atoms. The Morgan fingerprint density at radius 3 is 2.85 bits per heavy atom. The van der Waals surface area contributed by atoms with Crippen LogP contribution in [0.5, 0.6) is 0 Å². The van der Waals surface area contributed by atoms with E-state index in [0.717, 1.165) is 33.4 Å². The van der Waals surface area contributed by atoms with Gasteiger partial charge in [0.15, 0.2) is 0 Å². The Morgan fingerprint density at radius 1 is 1.35 bits per heavy atom. The number of carbonyl (C=O) groups is 1. The molecule has 3 rings (SSSR count).